The number of nitrogens with zero attached hydrogens (tertiary/aromatic N) is 4. The molecular formula is C26H27FN4O3. The maximum Gasteiger partial charge on any atom is 0.253 e. The third-order valence-electron chi connectivity index (χ3n) is 7.33. The molecule has 5 rings (SSSR count). The molecule has 0 unspecified atom stereocenters. The molecule has 2 aliphatic rings. The Hall–Kier alpha value is -3.55. The third kappa shape index (κ3) is 4.20. The first-order chi connectivity index (χ1) is 16.4. The summed E-state index contributed by atoms with van der Waals surface area (Å²) in [5, 5.41) is 7.64. The molecule has 0 N–H and O–H groups in total. The van der Waals surface area contributed by atoms with Crippen molar-refractivity contribution in [2.45, 2.75) is 32.7 Å². The van der Waals surface area contributed by atoms with Crippen LogP contribution in [0.25, 0.3) is 11.1 Å². The van der Waals surface area contributed by atoms with Gasteiger partial charge in [0.15, 0.2) is 0 Å². The summed E-state index contributed by atoms with van der Waals surface area (Å²) < 4.78 is 18.2. The van der Waals surface area contributed by atoms with Gasteiger partial charge in [0, 0.05) is 31.6 Å². The molecular weight excluding hydrogens is 435 g/mol. The van der Waals surface area contributed by atoms with E-state index < -0.39 is 0 Å². The molecule has 0 bridgehead atoms. The van der Waals surface area contributed by atoms with E-state index in [0.29, 0.717) is 36.6 Å². The summed E-state index contributed by atoms with van der Waals surface area (Å²) in [6.07, 6.45) is 2.53. The fourth-order valence-corrected chi connectivity index (χ4v) is 5.02. The Labute approximate surface area is 197 Å². The van der Waals surface area contributed by atoms with E-state index in [2.05, 4.69) is 10.3 Å². The Bertz CT molecular complexity index is 1210. The molecule has 1 saturated heterocycles. The SMILES string of the molecule is Cc1nonc1CN(C)C(=O)[C@H]1CC12CCN(C(=O)c1ccc(-c3cccc(F)c3)cc1)CC2. The molecule has 1 aromatic heterocycles. The minimum absolute atomic E-state index is 0.000435. The van der Waals surface area contributed by atoms with E-state index in [1.165, 1.54) is 12.1 Å². The maximum absolute atomic E-state index is 13.5. The number of aryl methyl sites for hydroxylation is 1. The van der Waals surface area contributed by atoms with Crippen LogP contribution in [0.2, 0.25) is 0 Å². The third-order valence-corrected chi connectivity index (χ3v) is 7.33. The number of benzene rings is 2. The Balaban J connectivity index is 1.17. The summed E-state index contributed by atoms with van der Waals surface area (Å²) in [7, 11) is 1.79. The molecule has 2 amide bonds. The lowest BCUT2D eigenvalue weighted by Gasteiger charge is -2.33. The molecule has 8 heteroatoms. The second-order valence-corrected chi connectivity index (χ2v) is 9.49. The van der Waals surface area contributed by atoms with E-state index in [4.69, 9.17) is 4.63 Å². The van der Waals surface area contributed by atoms with E-state index in [9.17, 15) is 14.0 Å². The zero-order valence-electron chi connectivity index (χ0n) is 19.3. The van der Waals surface area contributed by atoms with Gasteiger partial charge in [0.05, 0.1) is 6.54 Å². The first-order valence-electron chi connectivity index (χ1n) is 11.5. The van der Waals surface area contributed by atoms with Crippen LogP contribution in [-0.2, 0) is 11.3 Å². The largest absolute Gasteiger partial charge is 0.339 e. The molecule has 2 fully saturated rings. The van der Waals surface area contributed by atoms with Crippen LogP contribution in [0.3, 0.4) is 0 Å². The van der Waals surface area contributed by atoms with Crippen LogP contribution < -0.4 is 0 Å². The number of amides is 2. The van der Waals surface area contributed by atoms with Gasteiger partial charge < -0.3 is 9.80 Å². The Morgan fingerprint density at radius 1 is 1.12 bits per heavy atom. The first-order valence-corrected chi connectivity index (χ1v) is 11.5. The second-order valence-electron chi connectivity index (χ2n) is 9.49. The molecule has 1 aliphatic carbocycles. The summed E-state index contributed by atoms with van der Waals surface area (Å²) >= 11 is 0. The highest BCUT2D eigenvalue weighted by molar-refractivity contribution is 5.95. The molecule has 3 aromatic rings. The standard InChI is InChI=1S/C26H27FN4O3/c1-17-23(29-34-28-17)16-30(2)25(33)22-15-26(22)10-12-31(13-11-26)24(32)19-8-6-18(7-9-19)20-4-3-5-21(27)14-20/h3-9,14,22H,10-13,15-16H2,1-2H3/t22-/m1/s1. The highest BCUT2D eigenvalue weighted by Gasteiger charge is 2.59. The highest BCUT2D eigenvalue weighted by Crippen LogP contribution is 2.60. The summed E-state index contributed by atoms with van der Waals surface area (Å²) in [5.41, 5.74) is 3.64. The second kappa shape index (κ2) is 8.66. The normalized spacial score (nSPS) is 18.7. The van der Waals surface area contributed by atoms with Crippen molar-refractivity contribution in [3.63, 3.8) is 0 Å². The summed E-state index contributed by atoms with van der Waals surface area (Å²) in [6, 6.07) is 13.7. The minimum Gasteiger partial charge on any atom is -0.339 e. The van der Waals surface area contributed by atoms with Crippen molar-refractivity contribution in [3.05, 3.63) is 71.3 Å². The van der Waals surface area contributed by atoms with Crippen molar-refractivity contribution in [2.24, 2.45) is 11.3 Å². The molecule has 0 radical (unpaired) electrons. The van der Waals surface area contributed by atoms with E-state index in [0.717, 1.165) is 30.4 Å². The topological polar surface area (TPSA) is 79.5 Å². The van der Waals surface area contributed by atoms with Gasteiger partial charge in [-0.3, -0.25) is 9.59 Å². The van der Waals surface area contributed by atoms with Gasteiger partial charge in [0.1, 0.15) is 17.2 Å². The summed E-state index contributed by atoms with van der Waals surface area (Å²) in [4.78, 5) is 29.6. The number of hydrogen-bond donors (Lipinski definition) is 0. The van der Waals surface area contributed by atoms with Crippen LogP contribution in [-0.4, -0.2) is 52.1 Å². The number of aromatic nitrogens is 2. The van der Waals surface area contributed by atoms with Crippen molar-refractivity contribution in [1.82, 2.24) is 20.1 Å². The van der Waals surface area contributed by atoms with Crippen LogP contribution in [0.5, 0.6) is 0 Å². The average molecular weight is 463 g/mol. The highest BCUT2D eigenvalue weighted by atomic mass is 19.1. The molecule has 176 valence electrons. The number of rotatable bonds is 5. The Morgan fingerprint density at radius 2 is 1.85 bits per heavy atom. The van der Waals surface area contributed by atoms with Crippen molar-refractivity contribution < 1.29 is 18.6 Å². The van der Waals surface area contributed by atoms with E-state index in [-0.39, 0.29) is 29.0 Å². The predicted molar refractivity (Wildman–Crippen MR) is 123 cm³/mol. The maximum atomic E-state index is 13.5. The van der Waals surface area contributed by atoms with E-state index >= 15 is 0 Å². The zero-order valence-corrected chi connectivity index (χ0v) is 19.3. The van der Waals surface area contributed by atoms with E-state index in [1.54, 1.807) is 30.1 Å². The Kier molecular flexibility index (Phi) is 5.67. The van der Waals surface area contributed by atoms with Gasteiger partial charge in [-0.15, -0.1) is 0 Å². The molecule has 2 heterocycles. The number of hydrogen-bond acceptors (Lipinski definition) is 5. The van der Waals surface area contributed by atoms with Gasteiger partial charge in [0.25, 0.3) is 5.91 Å². The van der Waals surface area contributed by atoms with Gasteiger partial charge >= 0.3 is 0 Å². The molecule has 1 saturated carbocycles. The summed E-state index contributed by atoms with van der Waals surface area (Å²) in [5.74, 6) is -0.168. The van der Waals surface area contributed by atoms with Crippen molar-refractivity contribution >= 4 is 11.8 Å². The zero-order chi connectivity index (χ0) is 23.9. The van der Waals surface area contributed by atoms with Crippen molar-refractivity contribution in [1.29, 1.82) is 0 Å². The van der Waals surface area contributed by atoms with E-state index in [1.807, 2.05) is 30.0 Å². The van der Waals surface area contributed by atoms with Crippen LogP contribution in [0.1, 0.15) is 41.0 Å². The van der Waals surface area contributed by atoms with Gasteiger partial charge in [-0.25, -0.2) is 9.02 Å². The van der Waals surface area contributed by atoms with Crippen molar-refractivity contribution in [3.8, 4) is 11.1 Å². The summed E-state index contributed by atoms with van der Waals surface area (Å²) in [6.45, 7) is 3.48. The van der Waals surface area contributed by atoms with Gasteiger partial charge in [-0.2, -0.15) is 0 Å². The first kappa shape index (κ1) is 22.3. The average Bonchev–Trinajstić information content (AvgIpc) is 3.40. The molecule has 1 aliphatic heterocycles. The van der Waals surface area contributed by atoms with Crippen LogP contribution in [0.4, 0.5) is 4.39 Å². The molecule has 2 aromatic carbocycles. The monoisotopic (exact) mass is 462 g/mol. The molecule has 1 atom stereocenters. The minimum atomic E-state index is -0.284. The van der Waals surface area contributed by atoms with Gasteiger partial charge in [-0.05, 0) is 67.0 Å². The lowest BCUT2D eigenvalue weighted by molar-refractivity contribution is -0.133. The number of halogens is 1. The predicted octanol–water partition coefficient (Wildman–Crippen LogP) is 4.09. The molecule has 34 heavy (non-hydrogen) atoms. The van der Waals surface area contributed by atoms with Crippen LogP contribution in [0.15, 0.2) is 53.2 Å². The van der Waals surface area contributed by atoms with Crippen LogP contribution in [0, 0.1) is 24.1 Å². The number of carbonyl (C=O) groups is 2. The van der Waals surface area contributed by atoms with Gasteiger partial charge in [0.2, 0.25) is 5.91 Å². The van der Waals surface area contributed by atoms with Crippen molar-refractivity contribution in [2.75, 3.05) is 20.1 Å². The molecule has 7 nitrogen and oxygen atoms in total. The van der Waals surface area contributed by atoms with Crippen LogP contribution >= 0.6 is 0 Å². The number of piperidine rings is 1. The fraction of sp³-hybridized carbons (Fsp3) is 0.385. The fourth-order valence-electron chi connectivity index (χ4n) is 5.02. The number of likely N-dealkylation sites (tertiary alicyclic amines) is 1. The number of carbonyl (C=O) groups excluding carboxylic acids is 2. The quantitative estimate of drug-likeness (QED) is 0.571. The Morgan fingerprint density at radius 3 is 2.50 bits per heavy atom. The van der Waals surface area contributed by atoms with Gasteiger partial charge in [-0.1, -0.05) is 34.6 Å². The lowest BCUT2D eigenvalue weighted by atomic mass is 9.90. The lowest BCUT2D eigenvalue weighted by Crippen LogP contribution is -2.40. The molecule has 1 spiro atoms. The smallest absolute Gasteiger partial charge is 0.253 e.